The number of likely N-dealkylation sites (tertiary alicyclic amines) is 1. The summed E-state index contributed by atoms with van der Waals surface area (Å²) < 4.78 is 0. The van der Waals surface area contributed by atoms with Crippen LogP contribution in [0.5, 0.6) is 0 Å². The quantitative estimate of drug-likeness (QED) is 0.721. The summed E-state index contributed by atoms with van der Waals surface area (Å²) >= 11 is 0. The molecule has 0 bridgehead atoms. The standard InChI is InChI=1S/C12H24N2/c1-10-4-6-14(8-11(10)2)9-12-3-5-13-7-12/h10-13H,3-9H2,1-2H3/t10?,11?,12-/m0/s1. The van der Waals surface area contributed by atoms with Gasteiger partial charge in [0.15, 0.2) is 0 Å². The molecule has 3 atom stereocenters. The van der Waals surface area contributed by atoms with Gasteiger partial charge in [-0.2, -0.15) is 0 Å². The first kappa shape index (κ1) is 10.4. The molecule has 2 rings (SSSR count). The summed E-state index contributed by atoms with van der Waals surface area (Å²) in [4.78, 5) is 2.68. The van der Waals surface area contributed by atoms with Crippen molar-refractivity contribution in [2.45, 2.75) is 26.7 Å². The smallest absolute Gasteiger partial charge is 0.00224 e. The second-order valence-electron chi connectivity index (χ2n) is 5.36. The van der Waals surface area contributed by atoms with Crippen molar-refractivity contribution < 1.29 is 0 Å². The molecule has 2 unspecified atom stereocenters. The molecule has 1 N–H and O–H groups in total. The van der Waals surface area contributed by atoms with Crippen LogP contribution < -0.4 is 5.32 Å². The van der Waals surface area contributed by atoms with Crippen molar-refractivity contribution in [2.24, 2.45) is 17.8 Å². The predicted molar refractivity (Wildman–Crippen MR) is 60.4 cm³/mol. The van der Waals surface area contributed by atoms with Gasteiger partial charge in [-0.15, -0.1) is 0 Å². The van der Waals surface area contributed by atoms with Crippen LogP contribution in [0.25, 0.3) is 0 Å². The Balaban J connectivity index is 1.75. The minimum Gasteiger partial charge on any atom is -0.316 e. The molecule has 2 aliphatic heterocycles. The van der Waals surface area contributed by atoms with Crippen molar-refractivity contribution >= 4 is 0 Å². The van der Waals surface area contributed by atoms with E-state index in [4.69, 9.17) is 0 Å². The van der Waals surface area contributed by atoms with Gasteiger partial charge in [-0.1, -0.05) is 13.8 Å². The zero-order valence-electron chi connectivity index (χ0n) is 9.63. The molecule has 2 fully saturated rings. The topological polar surface area (TPSA) is 15.3 Å². The number of rotatable bonds is 2. The molecule has 0 aromatic heterocycles. The summed E-state index contributed by atoms with van der Waals surface area (Å²) in [5.41, 5.74) is 0. The van der Waals surface area contributed by atoms with Gasteiger partial charge in [-0.05, 0) is 50.2 Å². The number of nitrogens with one attached hydrogen (secondary N) is 1. The van der Waals surface area contributed by atoms with E-state index in [9.17, 15) is 0 Å². The van der Waals surface area contributed by atoms with E-state index < -0.39 is 0 Å². The molecular formula is C12H24N2. The molecule has 0 spiro atoms. The van der Waals surface area contributed by atoms with E-state index >= 15 is 0 Å². The summed E-state index contributed by atoms with van der Waals surface area (Å²) in [6.07, 6.45) is 2.79. The Labute approximate surface area is 88.1 Å². The maximum atomic E-state index is 3.46. The zero-order chi connectivity index (χ0) is 9.97. The molecule has 2 aliphatic rings. The average molecular weight is 196 g/mol. The van der Waals surface area contributed by atoms with E-state index in [0.717, 1.165) is 17.8 Å². The molecule has 0 aromatic rings. The van der Waals surface area contributed by atoms with Crippen LogP contribution in [0.15, 0.2) is 0 Å². The van der Waals surface area contributed by atoms with Crippen LogP contribution in [-0.2, 0) is 0 Å². The number of hydrogen-bond acceptors (Lipinski definition) is 2. The normalized spacial score (nSPS) is 40.3. The number of piperidine rings is 1. The molecule has 0 aromatic carbocycles. The Morgan fingerprint density at radius 2 is 2.07 bits per heavy atom. The summed E-state index contributed by atoms with van der Waals surface area (Å²) in [6.45, 7) is 11.3. The van der Waals surface area contributed by atoms with Crippen LogP contribution in [-0.4, -0.2) is 37.6 Å². The minimum absolute atomic E-state index is 0.901. The second kappa shape index (κ2) is 4.63. The first-order chi connectivity index (χ1) is 6.75. The van der Waals surface area contributed by atoms with E-state index in [1.54, 1.807) is 0 Å². The van der Waals surface area contributed by atoms with Gasteiger partial charge in [0.25, 0.3) is 0 Å². The lowest BCUT2D eigenvalue weighted by molar-refractivity contribution is 0.123. The second-order valence-corrected chi connectivity index (χ2v) is 5.36. The van der Waals surface area contributed by atoms with E-state index in [1.165, 1.54) is 45.6 Å². The molecule has 2 saturated heterocycles. The van der Waals surface area contributed by atoms with Crippen molar-refractivity contribution in [3.8, 4) is 0 Å². The van der Waals surface area contributed by atoms with Crippen molar-refractivity contribution in [3.63, 3.8) is 0 Å². The van der Waals surface area contributed by atoms with Crippen molar-refractivity contribution in [3.05, 3.63) is 0 Å². The van der Waals surface area contributed by atoms with Gasteiger partial charge in [-0.25, -0.2) is 0 Å². The Morgan fingerprint density at radius 1 is 1.21 bits per heavy atom. The molecule has 14 heavy (non-hydrogen) atoms. The molecule has 0 radical (unpaired) electrons. The van der Waals surface area contributed by atoms with Crippen LogP contribution in [0, 0.1) is 17.8 Å². The molecule has 82 valence electrons. The predicted octanol–water partition coefficient (Wildman–Crippen LogP) is 1.57. The molecule has 2 nitrogen and oxygen atoms in total. The fourth-order valence-corrected chi connectivity index (χ4v) is 2.75. The third-order valence-corrected chi connectivity index (χ3v) is 4.10. The van der Waals surface area contributed by atoms with Crippen LogP contribution in [0.2, 0.25) is 0 Å². The van der Waals surface area contributed by atoms with Gasteiger partial charge in [0, 0.05) is 13.1 Å². The molecule has 0 aliphatic carbocycles. The summed E-state index contributed by atoms with van der Waals surface area (Å²) in [5, 5.41) is 3.46. The number of hydrogen-bond donors (Lipinski definition) is 1. The van der Waals surface area contributed by atoms with E-state index in [0.29, 0.717) is 0 Å². The maximum absolute atomic E-state index is 3.46. The molecule has 0 amide bonds. The highest BCUT2D eigenvalue weighted by molar-refractivity contribution is 4.80. The van der Waals surface area contributed by atoms with Gasteiger partial charge < -0.3 is 10.2 Å². The van der Waals surface area contributed by atoms with Crippen LogP contribution in [0.4, 0.5) is 0 Å². The minimum atomic E-state index is 0.901. The lowest BCUT2D eigenvalue weighted by Gasteiger charge is -2.36. The van der Waals surface area contributed by atoms with Gasteiger partial charge >= 0.3 is 0 Å². The van der Waals surface area contributed by atoms with Crippen molar-refractivity contribution in [2.75, 3.05) is 32.7 Å². The lowest BCUT2D eigenvalue weighted by atomic mass is 9.88. The zero-order valence-corrected chi connectivity index (χ0v) is 9.63. The van der Waals surface area contributed by atoms with Gasteiger partial charge in [0.1, 0.15) is 0 Å². The highest BCUT2D eigenvalue weighted by Crippen LogP contribution is 2.23. The highest BCUT2D eigenvalue weighted by atomic mass is 15.1. The molecule has 0 saturated carbocycles. The third kappa shape index (κ3) is 2.48. The number of nitrogens with zero attached hydrogens (tertiary/aromatic N) is 1. The van der Waals surface area contributed by atoms with Crippen molar-refractivity contribution in [1.29, 1.82) is 0 Å². The largest absolute Gasteiger partial charge is 0.316 e. The molecule has 2 heterocycles. The van der Waals surface area contributed by atoms with E-state index in [1.807, 2.05) is 0 Å². The van der Waals surface area contributed by atoms with Gasteiger partial charge in [-0.3, -0.25) is 0 Å². The average Bonchev–Trinajstić information content (AvgIpc) is 2.64. The SMILES string of the molecule is CC1CCN(C[C@H]2CCNC2)CC1C. The van der Waals surface area contributed by atoms with Gasteiger partial charge in [0.05, 0.1) is 0 Å². The Morgan fingerprint density at radius 3 is 2.71 bits per heavy atom. The fraction of sp³-hybridized carbons (Fsp3) is 1.00. The van der Waals surface area contributed by atoms with Crippen LogP contribution >= 0.6 is 0 Å². The summed E-state index contributed by atoms with van der Waals surface area (Å²) in [7, 11) is 0. The maximum Gasteiger partial charge on any atom is 0.00224 e. The van der Waals surface area contributed by atoms with Crippen LogP contribution in [0.1, 0.15) is 26.7 Å². The Kier molecular flexibility index (Phi) is 3.45. The highest BCUT2D eigenvalue weighted by Gasteiger charge is 2.25. The molecular weight excluding hydrogens is 172 g/mol. The first-order valence-electron chi connectivity index (χ1n) is 6.19. The summed E-state index contributed by atoms with van der Waals surface area (Å²) in [6, 6.07) is 0. The van der Waals surface area contributed by atoms with Crippen LogP contribution in [0.3, 0.4) is 0 Å². The lowest BCUT2D eigenvalue weighted by Crippen LogP contribution is -2.41. The Hall–Kier alpha value is -0.0800. The first-order valence-corrected chi connectivity index (χ1v) is 6.19. The van der Waals surface area contributed by atoms with Gasteiger partial charge in [0.2, 0.25) is 0 Å². The monoisotopic (exact) mass is 196 g/mol. The Bertz CT molecular complexity index is 175. The fourth-order valence-electron chi connectivity index (χ4n) is 2.75. The summed E-state index contributed by atoms with van der Waals surface area (Å²) in [5.74, 6) is 2.77. The molecule has 2 heteroatoms. The van der Waals surface area contributed by atoms with E-state index in [-0.39, 0.29) is 0 Å². The third-order valence-electron chi connectivity index (χ3n) is 4.10. The van der Waals surface area contributed by atoms with E-state index in [2.05, 4.69) is 24.1 Å². The van der Waals surface area contributed by atoms with Crippen molar-refractivity contribution in [1.82, 2.24) is 10.2 Å².